The molecule has 0 saturated heterocycles. The Morgan fingerprint density at radius 3 is 2.60 bits per heavy atom. The fraction of sp³-hybridized carbons (Fsp3) is 0.0833. The first kappa shape index (κ1) is 11.9. The van der Waals surface area contributed by atoms with Crippen molar-refractivity contribution in [3.05, 3.63) is 47.5 Å². The summed E-state index contributed by atoms with van der Waals surface area (Å²) in [4.78, 5) is 10.9. The Morgan fingerprint density at radius 2 is 1.93 bits per heavy atom. The Labute approximate surface area is 101 Å². The largest absolute Gasteiger partial charge is 0.478 e. The van der Waals surface area contributed by atoms with Crippen LogP contribution in [0.1, 0.15) is 15.9 Å². The number of aryl methyl sites for hydroxylation is 1. The van der Waals surface area contributed by atoms with Gasteiger partial charge in [-0.05, 0) is 23.8 Å². The maximum Gasteiger partial charge on any atom is 0.336 e. The van der Waals surface area contributed by atoms with Crippen LogP contribution in [0.4, 0.5) is 0 Å². The summed E-state index contributed by atoms with van der Waals surface area (Å²) in [6.45, 7) is 1.99. The number of fused-ring (bicyclic) bond motifs is 1. The molecule has 0 saturated carbocycles. The molecular formula is C12H10O2Zn. The van der Waals surface area contributed by atoms with E-state index in [1.165, 1.54) is 0 Å². The van der Waals surface area contributed by atoms with E-state index in [1.54, 1.807) is 12.1 Å². The molecule has 0 aliphatic heterocycles. The first-order valence-corrected chi connectivity index (χ1v) is 4.41. The van der Waals surface area contributed by atoms with Gasteiger partial charge in [-0.2, -0.15) is 0 Å². The molecule has 0 atom stereocenters. The summed E-state index contributed by atoms with van der Waals surface area (Å²) in [6.07, 6.45) is 0. The van der Waals surface area contributed by atoms with Crippen molar-refractivity contribution in [2.45, 2.75) is 6.92 Å². The van der Waals surface area contributed by atoms with E-state index in [4.69, 9.17) is 5.11 Å². The Morgan fingerprint density at radius 1 is 1.20 bits per heavy atom. The van der Waals surface area contributed by atoms with Crippen LogP contribution in [0.5, 0.6) is 0 Å². The van der Waals surface area contributed by atoms with Crippen molar-refractivity contribution in [1.82, 2.24) is 0 Å². The van der Waals surface area contributed by atoms with Gasteiger partial charge in [-0.25, -0.2) is 4.79 Å². The summed E-state index contributed by atoms with van der Waals surface area (Å²) in [6, 6.07) is 11.1. The molecule has 1 N–H and O–H groups in total. The van der Waals surface area contributed by atoms with Crippen molar-refractivity contribution in [1.29, 1.82) is 0 Å². The molecule has 0 aromatic heterocycles. The molecule has 0 unspecified atom stereocenters. The normalized spacial score (nSPS) is 9.67. The van der Waals surface area contributed by atoms with Gasteiger partial charge in [-0.15, -0.1) is 0 Å². The molecule has 0 heterocycles. The van der Waals surface area contributed by atoms with Crippen LogP contribution in [-0.4, -0.2) is 11.1 Å². The van der Waals surface area contributed by atoms with Crippen molar-refractivity contribution >= 4 is 16.7 Å². The zero-order valence-electron chi connectivity index (χ0n) is 8.53. The number of hydrogen-bond acceptors (Lipinski definition) is 1. The first-order chi connectivity index (χ1) is 6.68. The molecule has 15 heavy (non-hydrogen) atoms. The van der Waals surface area contributed by atoms with Gasteiger partial charge in [0.15, 0.2) is 0 Å². The van der Waals surface area contributed by atoms with E-state index in [1.807, 2.05) is 31.2 Å². The molecule has 2 aromatic rings. The minimum atomic E-state index is -0.876. The number of carboxylic acids is 1. The third-order valence-electron chi connectivity index (χ3n) is 2.27. The van der Waals surface area contributed by atoms with Crippen LogP contribution in [0.2, 0.25) is 0 Å². The first-order valence-electron chi connectivity index (χ1n) is 4.41. The summed E-state index contributed by atoms with van der Waals surface area (Å²) in [5.41, 5.74) is 1.50. The van der Waals surface area contributed by atoms with Crippen LogP contribution in [0, 0.1) is 6.92 Å². The number of carboxylic acid groups (broad SMARTS) is 1. The number of benzene rings is 2. The molecule has 72 valence electrons. The molecular weight excluding hydrogens is 242 g/mol. The number of carbonyl (C=O) groups is 1. The molecule has 0 aliphatic carbocycles. The number of rotatable bonds is 1. The smallest absolute Gasteiger partial charge is 0.336 e. The predicted molar refractivity (Wildman–Crippen MR) is 55.6 cm³/mol. The standard InChI is InChI=1S/C12H10O2.Zn/c1-8-5-6-10-9(7-8)3-2-4-11(10)12(13)14;/h2-7H,1H3,(H,13,14);. The van der Waals surface area contributed by atoms with E-state index in [-0.39, 0.29) is 19.5 Å². The maximum absolute atomic E-state index is 10.9. The Hall–Kier alpha value is -1.21. The quantitative estimate of drug-likeness (QED) is 0.792. The minimum absolute atomic E-state index is 0. The number of aromatic carboxylic acids is 1. The molecule has 0 aliphatic rings. The average molecular weight is 252 g/mol. The van der Waals surface area contributed by atoms with Crippen molar-refractivity contribution < 1.29 is 29.4 Å². The second-order valence-electron chi connectivity index (χ2n) is 3.34. The van der Waals surface area contributed by atoms with Crippen LogP contribution >= 0.6 is 0 Å². The van der Waals surface area contributed by atoms with E-state index in [0.717, 1.165) is 16.3 Å². The zero-order chi connectivity index (χ0) is 10.1. The van der Waals surface area contributed by atoms with E-state index in [2.05, 4.69) is 0 Å². The fourth-order valence-electron chi connectivity index (χ4n) is 1.59. The van der Waals surface area contributed by atoms with E-state index >= 15 is 0 Å². The molecule has 0 amide bonds. The Balaban J connectivity index is 0.00000112. The van der Waals surface area contributed by atoms with Crippen LogP contribution in [0.25, 0.3) is 10.8 Å². The van der Waals surface area contributed by atoms with Crippen molar-refractivity contribution in [3.63, 3.8) is 0 Å². The molecule has 0 bridgehead atoms. The molecule has 0 spiro atoms. The monoisotopic (exact) mass is 250 g/mol. The van der Waals surface area contributed by atoms with Gasteiger partial charge in [0.05, 0.1) is 5.56 Å². The van der Waals surface area contributed by atoms with Gasteiger partial charge in [-0.3, -0.25) is 0 Å². The van der Waals surface area contributed by atoms with Crippen molar-refractivity contribution in [3.8, 4) is 0 Å². The van der Waals surface area contributed by atoms with Gasteiger partial charge >= 0.3 is 5.97 Å². The van der Waals surface area contributed by atoms with Crippen LogP contribution in [0.15, 0.2) is 36.4 Å². The number of hydrogen-bond donors (Lipinski definition) is 1. The molecule has 0 fully saturated rings. The van der Waals surface area contributed by atoms with Gasteiger partial charge < -0.3 is 5.11 Å². The van der Waals surface area contributed by atoms with Gasteiger partial charge in [0.25, 0.3) is 0 Å². The van der Waals surface area contributed by atoms with E-state index < -0.39 is 5.97 Å². The van der Waals surface area contributed by atoms with Crippen molar-refractivity contribution in [2.75, 3.05) is 0 Å². The predicted octanol–water partition coefficient (Wildman–Crippen LogP) is 2.84. The second kappa shape index (κ2) is 4.54. The van der Waals surface area contributed by atoms with Gasteiger partial charge in [-0.1, -0.05) is 35.9 Å². The van der Waals surface area contributed by atoms with Crippen LogP contribution in [0.3, 0.4) is 0 Å². The minimum Gasteiger partial charge on any atom is -0.478 e. The second-order valence-corrected chi connectivity index (χ2v) is 3.34. The fourth-order valence-corrected chi connectivity index (χ4v) is 1.59. The maximum atomic E-state index is 10.9. The van der Waals surface area contributed by atoms with Crippen LogP contribution in [-0.2, 0) is 19.5 Å². The Kier molecular flexibility index (Phi) is 3.59. The van der Waals surface area contributed by atoms with E-state index in [0.29, 0.717) is 5.56 Å². The summed E-state index contributed by atoms with van der Waals surface area (Å²) in [5.74, 6) is -0.876. The Bertz CT molecular complexity index is 506. The molecule has 2 rings (SSSR count). The molecule has 3 heteroatoms. The summed E-state index contributed by atoms with van der Waals surface area (Å²) < 4.78 is 0. The van der Waals surface area contributed by atoms with E-state index in [9.17, 15) is 4.79 Å². The summed E-state index contributed by atoms with van der Waals surface area (Å²) in [7, 11) is 0. The average Bonchev–Trinajstić information content (AvgIpc) is 2.16. The zero-order valence-corrected chi connectivity index (χ0v) is 11.5. The molecule has 2 nitrogen and oxygen atoms in total. The van der Waals surface area contributed by atoms with Gasteiger partial charge in [0.1, 0.15) is 0 Å². The molecule has 2 aromatic carbocycles. The third-order valence-corrected chi connectivity index (χ3v) is 2.27. The van der Waals surface area contributed by atoms with Gasteiger partial charge in [0.2, 0.25) is 0 Å². The third kappa shape index (κ3) is 2.24. The summed E-state index contributed by atoms with van der Waals surface area (Å²) >= 11 is 0. The van der Waals surface area contributed by atoms with Gasteiger partial charge in [0, 0.05) is 19.5 Å². The van der Waals surface area contributed by atoms with Crippen molar-refractivity contribution in [2.24, 2.45) is 0 Å². The topological polar surface area (TPSA) is 37.3 Å². The summed E-state index contributed by atoms with van der Waals surface area (Å²) in [5, 5.41) is 10.7. The van der Waals surface area contributed by atoms with Crippen LogP contribution < -0.4 is 0 Å². The molecule has 0 radical (unpaired) electrons. The SMILES string of the molecule is Cc1ccc2c(C(=O)O)cccc2c1.[Zn].